The van der Waals surface area contributed by atoms with E-state index >= 15 is 0 Å². The van der Waals surface area contributed by atoms with E-state index in [1.165, 1.54) is 13.8 Å². The first-order valence-corrected chi connectivity index (χ1v) is 6.36. The number of thiol groups is 1. The van der Waals surface area contributed by atoms with Gasteiger partial charge in [0.25, 0.3) is 0 Å². The predicted molar refractivity (Wildman–Crippen MR) is 46.8 cm³/mol. The molecule has 0 rings (SSSR count). The maximum absolute atomic E-state index is 10.3. The molecule has 0 amide bonds. The minimum Gasteiger partial charge on any atom is -0.396 e. The number of hydrogen-bond donors (Lipinski definition) is 1. The van der Waals surface area contributed by atoms with Crippen molar-refractivity contribution in [1.29, 1.82) is 0 Å². The van der Waals surface area contributed by atoms with Crippen molar-refractivity contribution in [2.45, 2.75) is 13.8 Å². The molecule has 0 aromatic heterocycles. The Balaban J connectivity index is 4.12. The van der Waals surface area contributed by atoms with Gasteiger partial charge >= 0.3 is 17.6 Å². The van der Waals surface area contributed by atoms with E-state index in [2.05, 4.69) is 33.1 Å². The Bertz CT molecular complexity index is 206. The molecule has 0 aromatic carbocycles. The van der Waals surface area contributed by atoms with E-state index in [0.717, 1.165) is 0 Å². The summed E-state index contributed by atoms with van der Waals surface area (Å²) in [4.78, 5) is 20.7. The summed E-state index contributed by atoms with van der Waals surface area (Å²) in [6, 6.07) is 0. The highest BCUT2D eigenvalue weighted by Crippen LogP contribution is 2.53. The Morgan fingerprint density at radius 2 is 1.55 bits per heavy atom. The lowest BCUT2D eigenvalue weighted by Gasteiger charge is -2.12. The van der Waals surface area contributed by atoms with Crippen molar-refractivity contribution in [3.63, 3.8) is 0 Å². The fourth-order valence-electron chi connectivity index (χ4n) is 0.344. The van der Waals surface area contributed by atoms with Gasteiger partial charge in [-0.2, -0.15) is 0 Å². The fourth-order valence-corrected chi connectivity index (χ4v) is 2.35. The minimum atomic E-state index is -2.98. The van der Waals surface area contributed by atoms with Crippen LogP contribution >= 0.6 is 17.9 Å². The zero-order chi connectivity index (χ0) is 9.07. The Morgan fingerprint density at radius 3 is 1.73 bits per heavy atom. The standard InChI is InChI=1S/C4H7O4PS2/c1-3(5)7-9(10,11)8-4(2)6/h1-2H3,(H,10,11). The van der Waals surface area contributed by atoms with Gasteiger partial charge in [0, 0.05) is 13.8 Å². The summed E-state index contributed by atoms with van der Waals surface area (Å²) in [5.41, 5.74) is -2.98. The molecule has 0 aliphatic rings. The van der Waals surface area contributed by atoms with E-state index in [0.29, 0.717) is 0 Å². The molecular weight excluding hydrogens is 207 g/mol. The molecule has 0 aliphatic carbocycles. The first-order chi connectivity index (χ1) is 4.83. The quantitative estimate of drug-likeness (QED) is 0.554. The normalized spacial score (nSPS) is 10.5. The molecule has 0 radical (unpaired) electrons. The molecule has 0 aromatic rings. The van der Waals surface area contributed by atoms with Gasteiger partial charge in [0.15, 0.2) is 0 Å². The Morgan fingerprint density at radius 1 is 1.27 bits per heavy atom. The lowest BCUT2D eigenvalue weighted by molar-refractivity contribution is -0.134. The zero-order valence-corrected chi connectivity index (χ0v) is 8.54. The molecule has 0 heterocycles. The molecule has 11 heavy (non-hydrogen) atoms. The van der Waals surface area contributed by atoms with Crippen LogP contribution in [0, 0.1) is 0 Å². The second-order valence-corrected chi connectivity index (χ2v) is 6.77. The number of rotatable bonds is 2. The summed E-state index contributed by atoms with van der Waals surface area (Å²) in [7, 11) is 0. The predicted octanol–water partition coefficient (Wildman–Crippen LogP) is 1.27. The molecular formula is C4H7O4PS2. The largest absolute Gasteiger partial charge is 0.396 e. The van der Waals surface area contributed by atoms with Crippen LogP contribution in [-0.4, -0.2) is 11.9 Å². The van der Waals surface area contributed by atoms with Crippen LogP contribution in [0.2, 0.25) is 0 Å². The molecule has 0 bridgehead atoms. The van der Waals surface area contributed by atoms with E-state index in [-0.39, 0.29) is 0 Å². The van der Waals surface area contributed by atoms with Crippen LogP contribution in [0.15, 0.2) is 0 Å². The highest BCUT2D eigenvalue weighted by atomic mass is 32.9. The second-order valence-electron chi connectivity index (χ2n) is 1.63. The van der Waals surface area contributed by atoms with Crippen LogP contribution in [0.3, 0.4) is 0 Å². The summed E-state index contributed by atoms with van der Waals surface area (Å²) in [6.45, 7) is 2.33. The average Bonchev–Trinajstić information content (AvgIpc) is 1.53. The van der Waals surface area contributed by atoms with Gasteiger partial charge in [-0.25, -0.2) is 0 Å². The van der Waals surface area contributed by atoms with Gasteiger partial charge in [-0.1, -0.05) is 12.2 Å². The molecule has 7 heteroatoms. The number of carbonyl (C=O) groups excluding carboxylic acids is 2. The van der Waals surface area contributed by atoms with Crippen LogP contribution in [0.25, 0.3) is 0 Å². The molecule has 0 saturated heterocycles. The van der Waals surface area contributed by atoms with Crippen molar-refractivity contribution in [3.8, 4) is 0 Å². The van der Waals surface area contributed by atoms with Crippen molar-refractivity contribution in [3.05, 3.63) is 0 Å². The summed E-state index contributed by atoms with van der Waals surface area (Å²) < 4.78 is 8.91. The van der Waals surface area contributed by atoms with E-state index in [1.54, 1.807) is 0 Å². The third-order valence-corrected chi connectivity index (χ3v) is 2.40. The van der Waals surface area contributed by atoms with Crippen molar-refractivity contribution < 1.29 is 18.6 Å². The monoisotopic (exact) mass is 214 g/mol. The molecule has 4 nitrogen and oxygen atoms in total. The van der Waals surface area contributed by atoms with Crippen molar-refractivity contribution in [2.75, 3.05) is 0 Å². The summed E-state index contributed by atoms with van der Waals surface area (Å²) in [5, 5.41) is 0. The molecule has 0 spiro atoms. The van der Waals surface area contributed by atoms with Gasteiger partial charge in [-0.05, 0) is 11.8 Å². The summed E-state index contributed by atoms with van der Waals surface area (Å²) >= 11 is 8.29. The zero-order valence-electron chi connectivity index (χ0n) is 5.94. The van der Waals surface area contributed by atoms with Crippen molar-refractivity contribution in [2.24, 2.45) is 0 Å². The van der Waals surface area contributed by atoms with Crippen molar-refractivity contribution >= 4 is 41.7 Å². The first-order valence-electron chi connectivity index (χ1n) is 2.56. The SMILES string of the molecule is CC(=O)OP(=S)(S)OC(C)=O. The van der Waals surface area contributed by atoms with Gasteiger partial charge in [-0.15, -0.1) is 0 Å². The number of carbonyl (C=O) groups is 2. The Kier molecular flexibility index (Phi) is 4.07. The van der Waals surface area contributed by atoms with Crippen LogP contribution in [-0.2, 0) is 30.4 Å². The van der Waals surface area contributed by atoms with Crippen LogP contribution in [0.1, 0.15) is 13.8 Å². The Hall–Kier alpha value is -0.0600. The maximum atomic E-state index is 10.3. The summed E-state index contributed by atoms with van der Waals surface area (Å²) in [6.07, 6.45) is 0. The van der Waals surface area contributed by atoms with Gasteiger partial charge in [0.2, 0.25) is 0 Å². The summed E-state index contributed by atoms with van der Waals surface area (Å²) in [5.74, 6) is -1.21. The molecule has 0 N–H and O–H groups in total. The average molecular weight is 214 g/mol. The molecule has 64 valence electrons. The first kappa shape index (κ1) is 10.9. The topological polar surface area (TPSA) is 52.6 Å². The van der Waals surface area contributed by atoms with E-state index in [9.17, 15) is 9.59 Å². The molecule has 0 aliphatic heterocycles. The van der Waals surface area contributed by atoms with Crippen LogP contribution in [0.5, 0.6) is 0 Å². The van der Waals surface area contributed by atoms with E-state index < -0.39 is 17.6 Å². The van der Waals surface area contributed by atoms with Gasteiger partial charge in [0.05, 0.1) is 0 Å². The third kappa shape index (κ3) is 6.34. The lowest BCUT2D eigenvalue weighted by atomic mass is 10.9. The van der Waals surface area contributed by atoms with Gasteiger partial charge in [0.1, 0.15) is 0 Å². The Labute approximate surface area is 74.6 Å². The number of hydrogen-bond acceptors (Lipinski definition) is 5. The second kappa shape index (κ2) is 4.09. The third-order valence-electron chi connectivity index (χ3n) is 0.488. The molecule has 0 atom stereocenters. The maximum Gasteiger partial charge on any atom is 0.349 e. The molecule has 0 fully saturated rings. The van der Waals surface area contributed by atoms with Gasteiger partial charge < -0.3 is 9.05 Å². The van der Waals surface area contributed by atoms with Crippen LogP contribution in [0.4, 0.5) is 0 Å². The highest BCUT2D eigenvalue weighted by molar-refractivity contribution is 8.60. The van der Waals surface area contributed by atoms with Crippen molar-refractivity contribution in [1.82, 2.24) is 0 Å². The minimum absolute atomic E-state index is 0.607. The molecule has 0 saturated carbocycles. The van der Waals surface area contributed by atoms with E-state index in [1.807, 2.05) is 0 Å². The highest BCUT2D eigenvalue weighted by Gasteiger charge is 2.18. The van der Waals surface area contributed by atoms with Gasteiger partial charge in [-0.3, -0.25) is 9.59 Å². The van der Waals surface area contributed by atoms with E-state index in [4.69, 9.17) is 0 Å². The smallest absolute Gasteiger partial charge is 0.349 e. The lowest BCUT2D eigenvalue weighted by Crippen LogP contribution is -1.99. The fraction of sp³-hybridized carbons (Fsp3) is 0.500. The molecule has 0 unspecified atom stereocenters. The van der Waals surface area contributed by atoms with Crippen LogP contribution < -0.4 is 0 Å².